The smallest absolute Gasteiger partial charge is 0.184 e. The number of fused-ring (bicyclic) bond motifs is 1. The van der Waals surface area contributed by atoms with Gasteiger partial charge in [0.1, 0.15) is 14.6 Å². The van der Waals surface area contributed by atoms with Crippen LogP contribution in [0.2, 0.25) is 0 Å². The van der Waals surface area contributed by atoms with Gasteiger partial charge >= 0.3 is 0 Å². The van der Waals surface area contributed by atoms with Crippen LogP contribution in [0.5, 0.6) is 5.75 Å². The Morgan fingerprint density at radius 3 is 2.68 bits per heavy atom. The first-order valence-electron chi connectivity index (χ1n) is 6.76. The molecule has 2 atom stereocenters. The molecule has 22 heavy (non-hydrogen) atoms. The van der Waals surface area contributed by atoms with Crippen LogP contribution in [-0.2, 0) is 5.41 Å². The maximum atomic E-state index is 14.9. The van der Waals surface area contributed by atoms with E-state index in [9.17, 15) is 9.18 Å². The quantitative estimate of drug-likeness (QED) is 0.454. The number of carbonyl (C=O) groups excluding carboxylic acids is 1. The van der Waals surface area contributed by atoms with E-state index in [-0.39, 0.29) is 8.81 Å². The zero-order valence-corrected chi connectivity index (χ0v) is 13.7. The van der Waals surface area contributed by atoms with Crippen molar-refractivity contribution in [1.29, 1.82) is 0 Å². The Kier molecular flexibility index (Phi) is 4.23. The Bertz CT molecular complexity index is 799. The fraction of sp³-hybridized carbons (Fsp3) is 0.118. The lowest BCUT2D eigenvalue weighted by molar-refractivity contribution is 0.112. The second kappa shape index (κ2) is 6.15. The Morgan fingerprint density at radius 1 is 1.18 bits per heavy atom. The Balaban J connectivity index is 1.83. The molecule has 0 radical (unpaired) electrons. The van der Waals surface area contributed by atoms with Crippen molar-refractivity contribution in [2.45, 2.75) is 12.3 Å². The molecule has 0 spiro atoms. The summed E-state index contributed by atoms with van der Waals surface area (Å²) < 4.78 is 21.5. The van der Waals surface area contributed by atoms with Crippen LogP contribution in [0.25, 0.3) is 10.1 Å². The van der Waals surface area contributed by atoms with Crippen LogP contribution in [0, 0.1) is 0 Å². The standard InChI is InChI=1S/C17H14FO2PS/c1-17(18,21-20-14-5-3-2-4-6-14)13-7-8-16-12(9-13)10-15(11-19)22-16/h2-11,21H,1H3. The molecule has 0 aliphatic rings. The van der Waals surface area contributed by atoms with E-state index in [1.165, 1.54) is 18.3 Å². The molecule has 0 fully saturated rings. The van der Waals surface area contributed by atoms with E-state index in [0.29, 0.717) is 16.2 Å². The van der Waals surface area contributed by atoms with E-state index in [0.717, 1.165) is 16.4 Å². The highest BCUT2D eigenvalue weighted by atomic mass is 32.1. The number of alkyl halides is 1. The minimum Gasteiger partial charge on any atom is -0.474 e. The summed E-state index contributed by atoms with van der Waals surface area (Å²) in [7, 11) is -0.341. The number of thiophene rings is 1. The molecule has 0 N–H and O–H groups in total. The molecule has 2 aromatic carbocycles. The SMILES string of the molecule is CC(F)(POc1ccccc1)c1ccc2sc(C=O)cc2c1. The summed E-state index contributed by atoms with van der Waals surface area (Å²) in [5.74, 6) is 0.657. The number of halogens is 1. The molecular weight excluding hydrogens is 318 g/mol. The summed E-state index contributed by atoms with van der Waals surface area (Å²) in [6.45, 7) is 1.52. The summed E-state index contributed by atoms with van der Waals surface area (Å²) >= 11 is 1.41. The molecular formula is C17H14FO2PS. The molecule has 2 nitrogen and oxygen atoms in total. The van der Waals surface area contributed by atoms with E-state index >= 15 is 0 Å². The molecule has 2 unspecified atom stereocenters. The first kappa shape index (κ1) is 15.1. The van der Waals surface area contributed by atoms with Gasteiger partial charge in [-0.1, -0.05) is 24.3 Å². The zero-order chi connectivity index (χ0) is 15.6. The van der Waals surface area contributed by atoms with Gasteiger partial charge in [0.25, 0.3) is 0 Å². The molecule has 0 saturated heterocycles. The molecule has 0 bridgehead atoms. The fourth-order valence-corrected chi connectivity index (χ4v) is 3.69. The predicted molar refractivity (Wildman–Crippen MR) is 91.1 cm³/mol. The molecule has 5 heteroatoms. The molecule has 0 saturated carbocycles. The van der Waals surface area contributed by atoms with Gasteiger partial charge in [0.2, 0.25) is 0 Å². The van der Waals surface area contributed by atoms with Gasteiger partial charge in [0.05, 0.1) is 4.88 Å². The van der Waals surface area contributed by atoms with Crippen LogP contribution < -0.4 is 4.52 Å². The lowest BCUT2D eigenvalue weighted by Crippen LogP contribution is -2.09. The highest BCUT2D eigenvalue weighted by Gasteiger charge is 2.28. The van der Waals surface area contributed by atoms with Crippen molar-refractivity contribution >= 4 is 36.5 Å². The van der Waals surface area contributed by atoms with Gasteiger partial charge in [0.15, 0.2) is 11.7 Å². The van der Waals surface area contributed by atoms with Crippen LogP contribution in [-0.4, -0.2) is 6.29 Å². The summed E-state index contributed by atoms with van der Waals surface area (Å²) in [6, 6.07) is 16.4. The number of hydrogen-bond donors (Lipinski definition) is 0. The van der Waals surface area contributed by atoms with Gasteiger partial charge in [0, 0.05) is 4.70 Å². The Morgan fingerprint density at radius 2 is 1.95 bits per heavy atom. The van der Waals surface area contributed by atoms with Crippen LogP contribution in [0.4, 0.5) is 4.39 Å². The van der Waals surface area contributed by atoms with Gasteiger partial charge in [-0.25, -0.2) is 4.39 Å². The van der Waals surface area contributed by atoms with Crippen molar-refractivity contribution in [2.24, 2.45) is 0 Å². The highest BCUT2D eigenvalue weighted by Crippen LogP contribution is 2.44. The summed E-state index contributed by atoms with van der Waals surface area (Å²) in [4.78, 5) is 11.5. The van der Waals surface area contributed by atoms with Gasteiger partial charge in [-0.05, 0) is 48.2 Å². The lowest BCUT2D eigenvalue weighted by Gasteiger charge is -2.20. The largest absolute Gasteiger partial charge is 0.474 e. The number of rotatable bonds is 5. The highest BCUT2D eigenvalue weighted by molar-refractivity contribution is 7.34. The second-order valence-corrected chi connectivity index (χ2v) is 7.50. The van der Waals surface area contributed by atoms with Crippen LogP contribution in [0.3, 0.4) is 0 Å². The Labute approximate surface area is 133 Å². The van der Waals surface area contributed by atoms with Crippen LogP contribution in [0.15, 0.2) is 54.6 Å². The number of hydrogen-bond acceptors (Lipinski definition) is 3. The van der Waals surface area contributed by atoms with E-state index in [2.05, 4.69) is 0 Å². The molecule has 3 rings (SSSR count). The van der Waals surface area contributed by atoms with Crippen molar-refractivity contribution in [1.82, 2.24) is 0 Å². The third-order valence-electron chi connectivity index (χ3n) is 3.30. The van der Waals surface area contributed by atoms with Gasteiger partial charge in [-0.3, -0.25) is 4.79 Å². The monoisotopic (exact) mass is 332 g/mol. The number of benzene rings is 2. The Hall–Kier alpha value is -1.77. The molecule has 3 aromatic rings. The van der Waals surface area contributed by atoms with Crippen LogP contribution in [0.1, 0.15) is 22.2 Å². The molecule has 0 aliphatic carbocycles. The number of carbonyl (C=O) groups is 1. The normalized spacial score (nSPS) is 14.3. The van der Waals surface area contributed by atoms with Crippen molar-refractivity contribution in [3.63, 3.8) is 0 Å². The summed E-state index contributed by atoms with van der Waals surface area (Å²) in [5, 5.41) is -0.689. The zero-order valence-electron chi connectivity index (χ0n) is 11.9. The van der Waals surface area contributed by atoms with Crippen molar-refractivity contribution in [2.75, 3.05) is 0 Å². The van der Waals surface area contributed by atoms with Crippen molar-refractivity contribution < 1.29 is 13.7 Å². The van der Waals surface area contributed by atoms with Crippen molar-refractivity contribution in [3.8, 4) is 5.75 Å². The van der Waals surface area contributed by atoms with Gasteiger partial charge < -0.3 is 4.52 Å². The average molecular weight is 332 g/mol. The van der Waals surface area contributed by atoms with E-state index in [1.54, 1.807) is 18.2 Å². The molecule has 112 valence electrons. The third-order valence-corrected chi connectivity index (χ3v) is 5.35. The van der Waals surface area contributed by atoms with E-state index < -0.39 is 5.41 Å². The molecule has 1 heterocycles. The summed E-state index contributed by atoms with van der Waals surface area (Å²) in [5.41, 5.74) is 0.560. The second-order valence-electron chi connectivity index (χ2n) is 5.04. The first-order chi connectivity index (χ1) is 10.6. The van der Waals surface area contributed by atoms with Gasteiger partial charge in [-0.2, -0.15) is 0 Å². The number of para-hydroxylation sites is 1. The molecule has 0 amide bonds. The maximum absolute atomic E-state index is 14.9. The first-order valence-corrected chi connectivity index (χ1v) is 8.48. The maximum Gasteiger partial charge on any atom is 0.184 e. The lowest BCUT2D eigenvalue weighted by atomic mass is 10.1. The van der Waals surface area contributed by atoms with E-state index in [1.807, 2.05) is 36.4 Å². The minimum absolute atomic E-state index is 0.341. The molecule has 0 aliphatic heterocycles. The summed E-state index contributed by atoms with van der Waals surface area (Å²) in [6.07, 6.45) is 0.819. The fourth-order valence-electron chi connectivity index (χ4n) is 2.12. The number of aldehydes is 1. The van der Waals surface area contributed by atoms with Gasteiger partial charge in [-0.15, -0.1) is 11.3 Å². The average Bonchev–Trinajstić information content (AvgIpc) is 2.96. The predicted octanol–water partition coefficient (Wildman–Crippen LogP) is 5.53. The van der Waals surface area contributed by atoms with E-state index in [4.69, 9.17) is 4.52 Å². The third kappa shape index (κ3) is 3.18. The van der Waals surface area contributed by atoms with Crippen LogP contribution >= 0.6 is 20.1 Å². The molecule has 1 aromatic heterocycles. The van der Waals surface area contributed by atoms with Crippen molar-refractivity contribution in [3.05, 3.63) is 65.0 Å². The topological polar surface area (TPSA) is 26.3 Å². The minimum atomic E-state index is -1.58.